The molecule has 1 aromatic heterocycles. The van der Waals surface area contributed by atoms with E-state index in [4.69, 9.17) is 4.74 Å². The molecule has 1 atom stereocenters. The number of aliphatic hydroxyl groups is 1. The van der Waals surface area contributed by atoms with Crippen LogP contribution in [-0.2, 0) is 15.1 Å². The van der Waals surface area contributed by atoms with Crippen molar-refractivity contribution in [2.75, 3.05) is 19.7 Å². The molecule has 1 saturated heterocycles. The molecule has 1 unspecified atom stereocenters. The van der Waals surface area contributed by atoms with E-state index in [1.54, 1.807) is 30.6 Å². The van der Waals surface area contributed by atoms with Crippen molar-refractivity contribution in [2.24, 2.45) is 5.92 Å². The minimum absolute atomic E-state index is 0.112. The van der Waals surface area contributed by atoms with Crippen molar-refractivity contribution >= 4 is 5.97 Å². The highest BCUT2D eigenvalue weighted by atomic mass is 16.5. The molecule has 1 aliphatic heterocycles. The van der Waals surface area contributed by atoms with E-state index in [2.05, 4.69) is 15.3 Å². The minimum Gasteiger partial charge on any atom is -0.462 e. The number of benzene rings is 2. The predicted octanol–water partition coefficient (Wildman–Crippen LogP) is 3.41. The van der Waals surface area contributed by atoms with Crippen LogP contribution in [0, 0.1) is 5.92 Å². The Morgan fingerprint density at radius 2 is 1.59 bits per heavy atom. The Hall–Kier alpha value is -3.09. The number of carbonyl (C=O) groups excluding carboxylic acids is 1. The van der Waals surface area contributed by atoms with Crippen molar-refractivity contribution < 1.29 is 14.6 Å². The normalized spacial score (nSPS) is 17.9. The molecule has 0 radical (unpaired) electrons. The number of hydrogen-bond acceptors (Lipinski definition) is 6. The first-order valence-corrected chi connectivity index (χ1v) is 11.2. The monoisotopic (exact) mass is 429 g/mol. The Morgan fingerprint density at radius 1 is 1.00 bits per heavy atom. The zero-order chi connectivity index (χ0) is 22.0. The molecule has 0 saturated carbocycles. The summed E-state index contributed by atoms with van der Waals surface area (Å²) < 4.78 is 5.82. The third kappa shape index (κ3) is 3.70. The van der Waals surface area contributed by atoms with Crippen molar-refractivity contribution in [3.8, 4) is 11.1 Å². The molecule has 2 aliphatic rings. The number of nitrogens with zero attached hydrogens (tertiary/aromatic N) is 2. The number of carbonyl (C=O) groups is 1. The van der Waals surface area contributed by atoms with Crippen molar-refractivity contribution in [3.63, 3.8) is 0 Å². The van der Waals surface area contributed by atoms with Crippen LogP contribution in [0.4, 0.5) is 0 Å². The SMILES string of the molecule is O=C(OCC(CC1CCNCC1)c1ncccn1)C1(O)c2ccccc2-c2ccccc21. The Bertz CT molecular complexity index is 1050. The van der Waals surface area contributed by atoms with E-state index in [0.29, 0.717) is 22.9 Å². The molecule has 6 heteroatoms. The highest BCUT2D eigenvalue weighted by Crippen LogP contribution is 2.48. The molecule has 32 heavy (non-hydrogen) atoms. The number of piperidine rings is 1. The third-order valence-electron chi connectivity index (χ3n) is 6.66. The second-order valence-corrected chi connectivity index (χ2v) is 8.63. The summed E-state index contributed by atoms with van der Waals surface area (Å²) in [5.41, 5.74) is 1.04. The fraction of sp³-hybridized carbons (Fsp3) is 0.346. The number of nitrogens with one attached hydrogen (secondary N) is 1. The Morgan fingerprint density at radius 3 is 2.22 bits per heavy atom. The van der Waals surface area contributed by atoms with Crippen LogP contribution < -0.4 is 5.32 Å². The zero-order valence-corrected chi connectivity index (χ0v) is 17.9. The summed E-state index contributed by atoms with van der Waals surface area (Å²) in [4.78, 5) is 22.3. The quantitative estimate of drug-likeness (QED) is 0.584. The van der Waals surface area contributed by atoms with Gasteiger partial charge in [0.25, 0.3) is 0 Å². The first-order chi connectivity index (χ1) is 15.7. The van der Waals surface area contributed by atoms with Gasteiger partial charge >= 0.3 is 5.97 Å². The minimum atomic E-state index is -1.82. The van der Waals surface area contributed by atoms with Gasteiger partial charge in [0.1, 0.15) is 12.4 Å². The maximum atomic E-state index is 13.4. The summed E-state index contributed by atoms with van der Waals surface area (Å²) >= 11 is 0. The molecule has 6 nitrogen and oxygen atoms in total. The predicted molar refractivity (Wildman–Crippen MR) is 121 cm³/mol. The first kappa shape index (κ1) is 20.8. The van der Waals surface area contributed by atoms with Crippen molar-refractivity contribution in [1.29, 1.82) is 0 Å². The van der Waals surface area contributed by atoms with E-state index in [9.17, 15) is 9.90 Å². The fourth-order valence-corrected chi connectivity index (χ4v) is 5.00. The number of esters is 1. The summed E-state index contributed by atoms with van der Waals surface area (Å²) in [6.07, 6.45) is 6.46. The smallest absolute Gasteiger partial charge is 0.347 e. The standard InChI is InChI=1S/C26H27N3O3/c30-25(26(31)22-8-3-1-6-20(22)21-7-2-4-9-23(21)26)32-17-19(24-28-12-5-13-29-24)16-18-10-14-27-15-11-18/h1-9,12-13,18-19,27,31H,10-11,14-17H2. The van der Waals surface area contributed by atoms with Gasteiger partial charge in [-0.05, 0) is 55.5 Å². The summed E-state index contributed by atoms with van der Waals surface area (Å²) in [6.45, 7) is 2.14. The first-order valence-electron chi connectivity index (χ1n) is 11.2. The van der Waals surface area contributed by atoms with Gasteiger partial charge in [0, 0.05) is 23.5 Å². The lowest BCUT2D eigenvalue weighted by Crippen LogP contribution is -2.37. The van der Waals surface area contributed by atoms with Crippen LogP contribution in [-0.4, -0.2) is 40.7 Å². The highest BCUT2D eigenvalue weighted by molar-refractivity contribution is 5.96. The van der Waals surface area contributed by atoms with Gasteiger partial charge in [0.2, 0.25) is 5.60 Å². The van der Waals surface area contributed by atoms with Crippen LogP contribution in [0.5, 0.6) is 0 Å². The number of ether oxygens (including phenoxy) is 1. The Kier molecular flexibility index (Phi) is 5.72. The van der Waals surface area contributed by atoms with Gasteiger partial charge < -0.3 is 15.2 Å². The van der Waals surface area contributed by atoms with E-state index < -0.39 is 11.6 Å². The molecule has 1 aliphatic carbocycles. The van der Waals surface area contributed by atoms with Gasteiger partial charge in [-0.25, -0.2) is 14.8 Å². The van der Waals surface area contributed by atoms with Crippen LogP contribution in [0.1, 0.15) is 42.1 Å². The lowest BCUT2D eigenvalue weighted by atomic mass is 9.87. The summed E-state index contributed by atoms with van der Waals surface area (Å²) in [6, 6.07) is 16.7. The van der Waals surface area contributed by atoms with Crippen molar-refractivity contribution in [2.45, 2.75) is 30.8 Å². The van der Waals surface area contributed by atoms with E-state index in [0.717, 1.165) is 43.5 Å². The molecule has 2 N–H and O–H groups in total. The number of aromatic nitrogens is 2. The zero-order valence-electron chi connectivity index (χ0n) is 17.9. The van der Waals surface area contributed by atoms with Gasteiger partial charge in [-0.3, -0.25) is 0 Å². The lowest BCUT2D eigenvalue weighted by Gasteiger charge is -2.28. The molecular formula is C26H27N3O3. The summed E-state index contributed by atoms with van der Waals surface area (Å²) in [7, 11) is 0. The molecule has 5 rings (SSSR count). The van der Waals surface area contributed by atoms with Crippen molar-refractivity contribution in [1.82, 2.24) is 15.3 Å². The van der Waals surface area contributed by atoms with Crippen LogP contribution in [0.25, 0.3) is 11.1 Å². The van der Waals surface area contributed by atoms with E-state index in [1.807, 2.05) is 36.4 Å². The van der Waals surface area contributed by atoms with Crippen LogP contribution >= 0.6 is 0 Å². The van der Waals surface area contributed by atoms with Crippen LogP contribution in [0.3, 0.4) is 0 Å². The molecule has 0 bridgehead atoms. The van der Waals surface area contributed by atoms with Crippen LogP contribution in [0.2, 0.25) is 0 Å². The number of fused-ring (bicyclic) bond motifs is 3. The highest BCUT2D eigenvalue weighted by Gasteiger charge is 2.49. The molecular weight excluding hydrogens is 402 g/mol. The molecule has 3 aromatic rings. The maximum absolute atomic E-state index is 13.4. The fourth-order valence-electron chi connectivity index (χ4n) is 5.00. The summed E-state index contributed by atoms with van der Waals surface area (Å²) in [5, 5.41) is 15.0. The van der Waals surface area contributed by atoms with E-state index >= 15 is 0 Å². The molecule has 164 valence electrons. The van der Waals surface area contributed by atoms with Gasteiger partial charge in [-0.15, -0.1) is 0 Å². The largest absolute Gasteiger partial charge is 0.462 e. The third-order valence-corrected chi connectivity index (χ3v) is 6.66. The average Bonchev–Trinajstić information content (AvgIpc) is 3.13. The van der Waals surface area contributed by atoms with Gasteiger partial charge in [0.15, 0.2) is 0 Å². The van der Waals surface area contributed by atoms with E-state index in [-0.39, 0.29) is 12.5 Å². The molecule has 2 heterocycles. The summed E-state index contributed by atoms with van der Waals surface area (Å²) in [5.74, 6) is 0.442. The van der Waals surface area contributed by atoms with Gasteiger partial charge in [0.05, 0.1) is 5.92 Å². The number of hydrogen-bond donors (Lipinski definition) is 2. The number of rotatable bonds is 6. The topological polar surface area (TPSA) is 84.3 Å². The van der Waals surface area contributed by atoms with Crippen molar-refractivity contribution in [3.05, 3.63) is 83.9 Å². The molecule has 1 fully saturated rings. The Labute approximate surface area is 187 Å². The second-order valence-electron chi connectivity index (χ2n) is 8.63. The average molecular weight is 430 g/mol. The second kappa shape index (κ2) is 8.81. The molecule has 0 amide bonds. The lowest BCUT2D eigenvalue weighted by molar-refractivity contribution is -0.162. The maximum Gasteiger partial charge on any atom is 0.347 e. The Balaban J connectivity index is 1.39. The molecule has 2 aromatic carbocycles. The van der Waals surface area contributed by atoms with E-state index in [1.165, 1.54) is 0 Å². The molecule has 0 spiro atoms. The van der Waals surface area contributed by atoms with Gasteiger partial charge in [-0.2, -0.15) is 0 Å². The van der Waals surface area contributed by atoms with Crippen LogP contribution in [0.15, 0.2) is 67.0 Å². The van der Waals surface area contributed by atoms with Gasteiger partial charge in [-0.1, -0.05) is 48.5 Å².